The second kappa shape index (κ2) is 8.48. The first-order valence-electron chi connectivity index (χ1n) is 12.3. The number of hydrogen-bond acceptors (Lipinski definition) is 6. The van der Waals surface area contributed by atoms with Crippen molar-refractivity contribution in [3.63, 3.8) is 0 Å². The van der Waals surface area contributed by atoms with Crippen LogP contribution < -0.4 is 15.1 Å². The van der Waals surface area contributed by atoms with Crippen molar-refractivity contribution in [1.29, 1.82) is 0 Å². The lowest BCUT2D eigenvalue weighted by atomic mass is 10.0. The number of aromatic nitrogens is 3. The first-order chi connectivity index (χ1) is 18.2. The molecule has 7 heteroatoms. The molecule has 0 fully saturated rings. The summed E-state index contributed by atoms with van der Waals surface area (Å²) in [5.41, 5.74) is 5.52. The van der Waals surface area contributed by atoms with Crippen LogP contribution in [0.25, 0.3) is 22.0 Å². The number of aromatic amines is 1. The van der Waals surface area contributed by atoms with Crippen LogP contribution in [-0.4, -0.2) is 28.2 Å². The Morgan fingerprint density at radius 1 is 1.05 bits per heavy atom. The van der Waals surface area contributed by atoms with Gasteiger partial charge in [0.1, 0.15) is 23.7 Å². The smallest absolute Gasteiger partial charge is 0.226 e. The van der Waals surface area contributed by atoms with Gasteiger partial charge in [0.05, 0.1) is 19.3 Å². The quantitative estimate of drug-likeness (QED) is 0.424. The third kappa shape index (κ3) is 3.54. The van der Waals surface area contributed by atoms with Crippen molar-refractivity contribution in [1.82, 2.24) is 15.0 Å². The molecule has 7 rings (SSSR count). The minimum Gasteiger partial charge on any atom is -0.497 e. The number of ether oxygens (including phenoxy) is 2. The van der Waals surface area contributed by atoms with E-state index in [4.69, 9.17) is 19.4 Å². The van der Waals surface area contributed by atoms with Gasteiger partial charge in [0.2, 0.25) is 5.95 Å². The summed E-state index contributed by atoms with van der Waals surface area (Å²) in [6.07, 6.45) is 12.5. The fourth-order valence-corrected chi connectivity index (χ4v) is 5.43. The van der Waals surface area contributed by atoms with Gasteiger partial charge >= 0.3 is 0 Å². The molecule has 0 saturated carbocycles. The van der Waals surface area contributed by atoms with Gasteiger partial charge in [0.15, 0.2) is 5.43 Å². The predicted octanol–water partition coefficient (Wildman–Crippen LogP) is 5.22. The van der Waals surface area contributed by atoms with Crippen molar-refractivity contribution < 1.29 is 9.47 Å². The lowest BCUT2D eigenvalue weighted by molar-refractivity contribution is 0.152. The molecular weight excluding hydrogens is 464 g/mol. The Kier molecular flexibility index (Phi) is 4.96. The minimum atomic E-state index is -0.274. The lowest BCUT2D eigenvalue weighted by Gasteiger charge is -2.28. The molecule has 2 aromatic heterocycles. The number of hydrogen-bond donors (Lipinski definition) is 1. The summed E-state index contributed by atoms with van der Waals surface area (Å²) in [7, 11) is 1.65. The average molecular weight is 489 g/mol. The van der Waals surface area contributed by atoms with E-state index < -0.39 is 0 Å². The number of allylic oxidation sites excluding steroid dienone is 4. The van der Waals surface area contributed by atoms with Crippen molar-refractivity contribution in [2.24, 2.45) is 0 Å². The van der Waals surface area contributed by atoms with Crippen LogP contribution in [0.4, 0.5) is 5.95 Å². The van der Waals surface area contributed by atoms with Crippen LogP contribution in [0.2, 0.25) is 0 Å². The van der Waals surface area contributed by atoms with Gasteiger partial charge in [0.25, 0.3) is 0 Å². The minimum absolute atomic E-state index is 0.0376. The van der Waals surface area contributed by atoms with E-state index in [0.717, 1.165) is 45.8 Å². The maximum Gasteiger partial charge on any atom is 0.226 e. The molecule has 1 aliphatic carbocycles. The molecule has 0 amide bonds. The lowest BCUT2D eigenvalue weighted by Crippen LogP contribution is -2.32. The average Bonchev–Trinajstić information content (AvgIpc) is 3.55. The van der Waals surface area contributed by atoms with Gasteiger partial charge in [-0.15, -0.1) is 0 Å². The highest BCUT2D eigenvalue weighted by molar-refractivity contribution is 5.80. The number of H-pyrrole nitrogens is 1. The van der Waals surface area contributed by atoms with Crippen LogP contribution >= 0.6 is 0 Å². The summed E-state index contributed by atoms with van der Waals surface area (Å²) < 4.78 is 11.7. The molecule has 182 valence electrons. The molecular formula is C30H24N4O3. The molecule has 1 N–H and O–H groups in total. The maximum atomic E-state index is 13.5. The summed E-state index contributed by atoms with van der Waals surface area (Å²) in [6, 6.07) is 15.2. The van der Waals surface area contributed by atoms with E-state index in [2.05, 4.69) is 22.0 Å². The zero-order valence-electron chi connectivity index (χ0n) is 20.2. The van der Waals surface area contributed by atoms with Crippen molar-refractivity contribution in [2.75, 3.05) is 12.0 Å². The number of anilines is 1. The number of pyridine rings is 1. The van der Waals surface area contributed by atoms with E-state index in [1.807, 2.05) is 73.1 Å². The Balaban J connectivity index is 1.30. The molecule has 4 aromatic rings. The molecule has 0 spiro atoms. The van der Waals surface area contributed by atoms with Crippen LogP contribution in [-0.2, 0) is 11.3 Å². The van der Waals surface area contributed by atoms with E-state index in [1.165, 1.54) is 5.57 Å². The Bertz CT molecular complexity index is 1670. The number of fused-ring (bicyclic) bond motifs is 3. The predicted molar refractivity (Wildman–Crippen MR) is 142 cm³/mol. The van der Waals surface area contributed by atoms with Gasteiger partial charge in [-0.05, 0) is 54.0 Å². The normalized spacial score (nSPS) is 19.8. The number of benzene rings is 2. The van der Waals surface area contributed by atoms with E-state index >= 15 is 0 Å². The second-order valence-electron chi connectivity index (χ2n) is 9.40. The highest BCUT2D eigenvalue weighted by Gasteiger charge is 2.43. The first-order valence-corrected chi connectivity index (χ1v) is 12.3. The highest BCUT2D eigenvalue weighted by Crippen LogP contribution is 2.43. The highest BCUT2D eigenvalue weighted by atomic mass is 16.5. The van der Waals surface area contributed by atoms with Crippen LogP contribution in [0.3, 0.4) is 0 Å². The molecule has 7 nitrogen and oxygen atoms in total. The van der Waals surface area contributed by atoms with Gasteiger partial charge in [-0.25, -0.2) is 9.97 Å². The van der Waals surface area contributed by atoms with Gasteiger partial charge in [-0.2, -0.15) is 0 Å². The van der Waals surface area contributed by atoms with Crippen LogP contribution in [0.1, 0.15) is 23.7 Å². The molecule has 0 radical (unpaired) electrons. The fourth-order valence-electron chi connectivity index (χ4n) is 5.43. The number of para-hydroxylation sites is 1. The van der Waals surface area contributed by atoms with Gasteiger partial charge in [-0.3, -0.25) is 4.79 Å². The molecule has 2 aliphatic heterocycles. The maximum absolute atomic E-state index is 13.5. The Labute approximate surface area is 213 Å². The molecule has 4 heterocycles. The Morgan fingerprint density at radius 2 is 1.86 bits per heavy atom. The molecule has 2 aromatic carbocycles. The molecule has 0 bridgehead atoms. The van der Waals surface area contributed by atoms with Gasteiger partial charge in [0, 0.05) is 34.4 Å². The van der Waals surface area contributed by atoms with E-state index in [9.17, 15) is 4.79 Å². The summed E-state index contributed by atoms with van der Waals surface area (Å²) >= 11 is 0. The van der Waals surface area contributed by atoms with E-state index in [1.54, 1.807) is 7.11 Å². The molecule has 37 heavy (non-hydrogen) atoms. The van der Waals surface area contributed by atoms with E-state index in [0.29, 0.717) is 17.9 Å². The third-order valence-corrected chi connectivity index (χ3v) is 7.30. The number of methoxy groups -OCH3 is 1. The second-order valence-corrected chi connectivity index (χ2v) is 9.40. The number of nitrogens with one attached hydrogen (secondary N) is 1. The zero-order chi connectivity index (χ0) is 24.9. The Morgan fingerprint density at radius 3 is 2.65 bits per heavy atom. The first kappa shape index (κ1) is 21.6. The van der Waals surface area contributed by atoms with E-state index in [-0.39, 0.29) is 17.6 Å². The van der Waals surface area contributed by atoms with Crippen molar-refractivity contribution in [3.05, 3.63) is 118 Å². The molecule has 2 atom stereocenters. The van der Waals surface area contributed by atoms with Gasteiger partial charge < -0.3 is 19.4 Å². The van der Waals surface area contributed by atoms with Crippen LogP contribution in [0.15, 0.2) is 101 Å². The summed E-state index contributed by atoms with van der Waals surface area (Å²) in [4.78, 5) is 28.6. The summed E-state index contributed by atoms with van der Waals surface area (Å²) in [6.45, 7) is 0.405. The van der Waals surface area contributed by atoms with Crippen LogP contribution in [0.5, 0.6) is 5.75 Å². The zero-order valence-corrected chi connectivity index (χ0v) is 20.2. The SMILES string of the molecule is COc1ccc(-c2cnc(N3Cc4c([nH]c5ccccc5c4=O)C3[C@H]3C=C4CC=CC=C4O3)nc2)cc1. The Hall–Kier alpha value is -4.65. The van der Waals surface area contributed by atoms with Crippen molar-refractivity contribution >= 4 is 16.9 Å². The topological polar surface area (TPSA) is 80.3 Å². The monoisotopic (exact) mass is 488 g/mol. The standard InChI is InChI=1S/C30H24N4O3/c1-36-21-12-10-18(11-13-21)20-15-31-30(32-16-20)34-17-23-27(33-24-8-4-3-7-22(24)29(23)35)28(34)26-14-19-6-2-5-9-25(19)37-26/h2-5,7-16,26,28H,6,17H2,1H3,(H,33,35)/t26-,28?/m1/s1. The van der Waals surface area contributed by atoms with Crippen LogP contribution in [0, 0.1) is 0 Å². The molecule has 3 aliphatic rings. The third-order valence-electron chi connectivity index (χ3n) is 7.30. The molecule has 0 saturated heterocycles. The fraction of sp³-hybridized carbons (Fsp3) is 0.167. The number of nitrogens with zero attached hydrogens (tertiary/aromatic N) is 3. The van der Waals surface area contributed by atoms with Gasteiger partial charge in [-0.1, -0.05) is 36.4 Å². The van der Waals surface area contributed by atoms with Crippen molar-refractivity contribution in [2.45, 2.75) is 25.1 Å². The largest absolute Gasteiger partial charge is 0.497 e. The number of rotatable bonds is 4. The van der Waals surface area contributed by atoms with Crippen molar-refractivity contribution in [3.8, 4) is 16.9 Å². The summed E-state index contributed by atoms with van der Waals surface area (Å²) in [5, 5.41) is 0.684. The summed E-state index contributed by atoms with van der Waals surface area (Å²) in [5.74, 6) is 2.24. The molecule has 1 unspecified atom stereocenters.